The van der Waals surface area contributed by atoms with E-state index in [-0.39, 0.29) is 63.2 Å². The molecule has 0 aliphatic carbocycles. The van der Waals surface area contributed by atoms with Crippen LogP contribution in [-0.4, -0.2) is 78.8 Å². The number of urea groups is 1. The Morgan fingerprint density at radius 2 is 0.754 bits per heavy atom. The van der Waals surface area contributed by atoms with Crippen molar-refractivity contribution < 1.29 is 52.7 Å². The van der Waals surface area contributed by atoms with Crippen LogP contribution in [0.4, 0.5) is 38.9 Å². The first-order valence-electron chi connectivity index (χ1n) is 19.3. The van der Waals surface area contributed by atoms with Gasteiger partial charge in [-0.1, -0.05) is 48.5 Å². The van der Waals surface area contributed by atoms with Crippen molar-refractivity contribution in [3.8, 4) is 0 Å². The van der Waals surface area contributed by atoms with Gasteiger partial charge in [-0.05, 0) is 121 Å². The standard InChI is InChI=1S/C45H42N6O11P2.Na/c1-27-9-15-33(41(52)46-35-17-11-29(12-18-35)25-63(57,58)59)23-39(27)50-43(54)31-5-3-7-37(21-31)48-45(56)49-38-8-4-6-32(22-38)44(55)51-40-24-34(16-10-28(40)2)42(53)47-36-19-13-30(14-20-36)26-64(60,61)62;/h3-24H,25-26H2,1-2H3,(H,46,52)(H,47,53)(H,50,54)(H,51,55)(H2,48,49,56)(H2,57,58,59)(H2,60,61,62);. The fourth-order valence-electron chi connectivity index (χ4n) is 6.22. The second kappa shape index (κ2) is 21.6. The molecule has 6 amide bonds. The molecule has 0 bridgehead atoms. The molecule has 0 saturated carbocycles. The van der Waals surface area contributed by atoms with E-state index in [0.717, 1.165) is 0 Å². The van der Waals surface area contributed by atoms with E-state index in [9.17, 15) is 52.7 Å². The quantitative estimate of drug-likeness (QED) is 0.0370. The third-order valence-electron chi connectivity index (χ3n) is 9.46. The summed E-state index contributed by atoms with van der Waals surface area (Å²) in [6, 6.07) is 33.3. The Hall–Kier alpha value is -6.23. The van der Waals surface area contributed by atoms with Gasteiger partial charge in [-0.3, -0.25) is 28.3 Å². The first-order valence-corrected chi connectivity index (χ1v) is 22.9. The third-order valence-corrected chi connectivity index (χ3v) is 11.0. The van der Waals surface area contributed by atoms with E-state index >= 15 is 0 Å². The fraction of sp³-hybridized carbons (Fsp3) is 0.0889. The van der Waals surface area contributed by atoms with E-state index in [0.29, 0.717) is 45.0 Å². The van der Waals surface area contributed by atoms with Crippen molar-refractivity contribution >= 4 is 109 Å². The third kappa shape index (κ3) is 14.9. The molecule has 329 valence electrons. The largest absolute Gasteiger partial charge is 0.329 e. The molecule has 20 heteroatoms. The Morgan fingerprint density at radius 1 is 0.415 bits per heavy atom. The molecule has 0 aliphatic rings. The van der Waals surface area contributed by atoms with Crippen molar-refractivity contribution in [3.05, 3.63) is 178 Å². The molecule has 6 aromatic carbocycles. The summed E-state index contributed by atoms with van der Waals surface area (Å²) in [5.41, 5.74) is 5.17. The van der Waals surface area contributed by atoms with Crippen LogP contribution in [0.2, 0.25) is 0 Å². The van der Waals surface area contributed by atoms with Crippen LogP contribution in [0, 0.1) is 13.8 Å². The fourth-order valence-corrected chi connectivity index (χ4v) is 7.60. The maximum atomic E-state index is 13.3. The Labute approximate surface area is 395 Å². The number of anilines is 6. The Bertz CT molecular complexity index is 2680. The number of carbonyl (C=O) groups excluding carboxylic acids is 5. The number of amides is 6. The van der Waals surface area contributed by atoms with Gasteiger partial charge in [-0.25, -0.2) is 4.79 Å². The van der Waals surface area contributed by atoms with Gasteiger partial charge in [0.15, 0.2) is 0 Å². The zero-order chi connectivity index (χ0) is 46.2. The summed E-state index contributed by atoms with van der Waals surface area (Å²) in [6.07, 6.45) is -0.849. The maximum absolute atomic E-state index is 13.3. The van der Waals surface area contributed by atoms with E-state index in [1.807, 2.05) is 0 Å². The summed E-state index contributed by atoms with van der Waals surface area (Å²) in [5, 5.41) is 16.4. The molecule has 0 fully saturated rings. The van der Waals surface area contributed by atoms with E-state index < -0.39 is 57.2 Å². The first kappa shape index (κ1) is 49.8. The summed E-state index contributed by atoms with van der Waals surface area (Å²) in [4.78, 5) is 103. The van der Waals surface area contributed by atoms with Gasteiger partial charge >= 0.3 is 21.2 Å². The Morgan fingerprint density at radius 3 is 1.11 bits per heavy atom. The number of rotatable bonds is 14. The van der Waals surface area contributed by atoms with Gasteiger partial charge in [0.05, 0.1) is 12.3 Å². The van der Waals surface area contributed by atoms with Crippen molar-refractivity contribution in [2.24, 2.45) is 0 Å². The number of carbonyl (C=O) groups is 5. The van der Waals surface area contributed by atoms with E-state index in [1.165, 1.54) is 72.8 Å². The number of nitrogens with one attached hydrogen (secondary N) is 6. The molecule has 6 rings (SSSR count). The minimum Gasteiger partial charge on any atom is -0.324 e. The van der Waals surface area contributed by atoms with E-state index in [1.54, 1.807) is 74.5 Å². The number of hydrogen-bond donors (Lipinski definition) is 10. The summed E-state index contributed by atoms with van der Waals surface area (Å²) in [7, 11) is -8.49. The summed E-state index contributed by atoms with van der Waals surface area (Å²) < 4.78 is 22.6. The molecule has 0 atom stereocenters. The van der Waals surface area contributed by atoms with Gasteiger partial charge in [0.1, 0.15) is 0 Å². The molecule has 65 heavy (non-hydrogen) atoms. The SMILES string of the molecule is Cc1ccc(C(=O)Nc2ccc(CP(=O)(O)O)cc2)cc1NC(=O)c1cccc(NC(=O)Nc2cccc(C(=O)Nc3cc(C(=O)Nc4ccc(CP(=O)(O)O)cc4)ccc3C)c2)c1.[Na]. The van der Waals surface area contributed by atoms with Crippen LogP contribution in [0.25, 0.3) is 0 Å². The monoisotopic (exact) mass is 927 g/mol. The number of hydrogen-bond acceptors (Lipinski definition) is 7. The average Bonchev–Trinajstić information content (AvgIpc) is 3.23. The van der Waals surface area contributed by atoms with E-state index in [2.05, 4.69) is 31.9 Å². The average molecular weight is 928 g/mol. The van der Waals surface area contributed by atoms with E-state index in [4.69, 9.17) is 0 Å². The second-order valence-electron chi connectivity index (χ2n) is 14.7. The van der Waals surface area contributed by atoms with Gasteiger partial charge in [0, 0.05) is 85.9 Å². The first-order chi connectivity index (χ1) is 30.3. The summed E-state index contributed by atoms with van der Waals surface area (Å²) in [5.74, 6) is -1.98. The predicted octanol–water partition coefficient (Wildman–Crippen LogP) is 7.93. The topological polar surface area (TPSA) is 273 Å². The molecule has 10 N–H and O–H groups in total. The van der Waals surface area contributed by atoms with Crippen molar-refractivity contribution in [2.45, 2.75) is 26.2 Å². The smallest absolute Gasteiger partial charge is 0.324 e. The van der Waals surface area contributed by atoms with Crippen LogP contribution < -0.4 is 31.9 Å². The van der Waals surface area contributed by atoms with Crippen LogP contribution in [0.3, 0.4) is 0 Å². The molecule has 0 aliphatic heterocycles. The van der Waals surface area contributed by atoms with Crippen LogP contribution >= 0.6 is 15.2 Å². The molecule has 6 aromatic rings. The zero-order valence-electron chi connectivity index (χ0n) is 35.2. The zero-order valence-corrected chi connectivity index (χ0v) is 38.9. The molecule has 0 heterocycles. The van der Waals surface area contributed by atoms with Crippen molar-refractivity contribution in [3.63, 3.8) is 0 Å². The Balaban J connectivity index is 0.00000793. The maximum Gasteiger partial charge on any atom is 0.329 e. The van der Waals surface area contributed by atoms with Crippen molar-refractivity contribution in [1.29, 1.82) is 0 Å². The van der Waals surface area contributed by atoms with Crippen molar-refractivity contribution in [2.75, 3.05) is 31.9 Å². The van der Waals surface area contributed by atoms with Crippen LogP contribution in [0.5, 0.6) is 0 Å². The summed E-state index contributed by atoms with van der Waals surface area (Å²) >= 11 is 0. The summed E-state index contributed by atoms with van der Waals surface area (Å²) in [6.45, 7) is 3.51. The van der Waals surface area contributed by atoms with Gasteiger partial charge in [0.25, 0.3) is 23.6 Å². The Kier molecular flexibility index (Phi) is 16.6. The molecule has 1 radical (unpaired) electrons. The van der Waals surface area contributed by atoms with Gasteiger partial charge in [0.2, 0.25) is 0 Å². The second-order valence-corrected chi connectivity index (χ2v) is 17.9. The molecular weight excluding hydrogens is 885 g/mol. The van der Waals surface area contributed by atoms with Gasteiger partial charge in [-0.2, -0.15) is 0 Å². The molecule has 0 saturated heterocycles. The normalized spacial score (nSPS) is 11.0. The molecule has 0 aromatic heterocycles. The van der Waals surface area contributed by atoms with Crippen LogP contribution in [0.1, 0.15) is 63.7 Å². The number of benzene rings is 6. The van der Waals surface area contributed by atoms with Crippen LogP contribution in [0.15, 0.2) is 133 Å². The molecular formula is C45H42N6NaO11P2. The minimum absolute atomic E-state index is 0. The molecule has 17 nitrogen and oxygen atoms in total. The van der Waals surface area contributed by atoms with Crippen LogP contribution in [-0.2, 0) is 21.5 Å². The van der Waals surface area contributed by atoms with Gasteiger partial charge < -0.3 is 51.5 Å². The van der Waals surface area contributed by atoms with Crippen molar-refractivity contribution in [1.82, 2.24) is 0 Å². The predicted molar refractivity (Wildman–Crippen MR) is 250 cm³/mol. The molecule has 0 spiro atoms. The van der Waals surface area contributed by atoms with Gasteiger partial charge in [-0.15, -0.1) is 0 Å². The minimum atomic E-state index is -4.24. The number of aryl methyl sites for hydroxylation is 2. The molecule has 0 unspecified atom stereocenters.